The van der Waals surface area contributed by atoms with Gasteiger partial charge in [0.15, 0.2) is 5.65 Å². The molecule has 8 nitrogen and oxygen atoms in total. The summed E-state index contributed by atoms with van der Waals surface area (Å²) in [5, 5.41) is 20.1. The number of hydrogen-bond donors (Lipinski definition) is 3. The first kappa shape index (κ1) is 20.7. The predicted octanol–water partition coefficient (Wildman–Crippen LogP) is 3.72. The molecule has 0 saturated heterocycles. The molecule has 0 aliphatic heterocycles. The van der Waals surface area contributed by atoms with E-state index in [4.69, 9.17) is 5.11 Å². The molecule has 1 aromatic carbocycles. The highest BCUT2D eigenvalue weighted by molar-refractivity contribution is 5.59. The van der Waals surface area contributed by atoms with E-state index in [1.54, 1.807) is 10.7 Å². The lowest BCUT2D eigenvalue weighted by Gasteiger charge is -2.12. The highest BCUT2D eigenvalue weighted by Gasteiger charge is 2.15. The first-order valence-electron chi connectivity index (χ1n) is 10.5. The fourth-order valence-electron chi connectivity index (χ4n) is 3.28. The quantitative estimate of drug-likeness (QED) is 0.357. The summed E-state index contributed by atoms with van der Waals surface area (Å²) in [4.78, 5) is 13.6. The zero-order valence-electron chi connectivity index (χ0n) is 17.8. The molecule has 3 aromatic heterocycles. The molecule has 160 valence electrons. The molecule has 0 saturated carbocycles. The number of nitrogens with zero attached hydrogens (tertiary/aromatic N) is 5. The Morgan fingerprint density at radius 3 is 2.58 bits per heavy atom. The van der Waals surface area contributed by atoms with Crippen molar-refractivity contribution in [3.05, 3.63) is 66.0 Å². The summed E-state index contributed by atoms with van der Waals surface area (Å²) >= 11 is 0. The summed E-state index contributed by atoms with van der Waals surface area (Å²) in [5.74, 6) is 1.44. The van der Waals surface area contributed by atoms with Crippen molar-refractivity contribution in [2.45, 2.75) is 32.7 Å². The number of pyridine rings is 1. The number of aliphatic hydroxyl groups excluding tert-OH is 1. The van der Waals surface area contributed by atoms with Crippen LogP contribution in [-0.4, -0.2) is 42.8 Å². The van der Waals surface area contributed by atoms with Gasteiger partial charge in [-0.1, -0.05) is 44.2 Å². The van der Waals surface area contributed by atoms with Crippen molar-refractivity contribution < 1.29 is 5.11 Å². The summed E-state index contributed by atoms with van der Waals surface area (Å²) in [6.07, 6.45) is 4.28. The third kappa shape index (κ3) is 4.80. The van der Waals surface area contributed by atoms with E-state index in [0.29, 0.717) is 37.3 Å². The number of rotatable bonds is 9. The molecule has 4 aromatic rings. The standard InChI is InChI=1S/C23H27N7O/c1-16(2)19-15-27-30-21(19)28-22(25-12-5-13-31)29-23(30)26-14-17-7-9-18(10-8-17)20-6-3-4-11-24-20/h3-4,6-11,15-16,31H,5,12-14H2,1-2H3,(H2,25,26,28,29). The lowest BCUT2D eigenvalue weighted by atomic mass is 10.1. The summed E-state index contributed by atoms with van der Waals surface area (Å²) in [6.45, 7) is 5.56. The van der Waals surface area contributed by atoms with E-state index in [2.05, 4.69) is 68.8 Å². The second kappa shape index (κ2) is 9.53. The minimum absolute atomic E-state index is 0.124. The van der Waals surface area contributed by atoms with Crippen molar-refractivity contribution >= 4 is 17.5 Å². The van der Waals surface area contributed by atoms with Gasteiger partial charge in [-0.05, 0) is 30.0 Å². The topological polar surface area (TPSA) is 100 Å². The number of benzene rings is 1. The molecule has 0 spiro atoms. The number of nitrogens with one attached hydrogen (secondary N) is 2. The van der Waals surface area contributed by atoms with Gasteiger partial charge in [0.1, 0.15) is 0 Å². The number of aromatic nitrogens is 5. The third-order valence-electron chi connectivity index (χ3n) is 5.00. The van der Waals surface area contributed by atoms with E-state index in [1.165, 1.54) is 0 Å². The van der Waals surface area contributed by atoms with Crippen LogP contribution >= 0.6 is 0 Å². The molecule has 0 aliphatic carbocycles. The Balaban J connectivity index is 1.55. The number of anilines is 2. The minimum Gasteiger partial charge on any atom is -0.396 e. The van der Waals surface area contributed by atoms with Gasteiger partial charge in [0.2, 0.25) is 11.9 Å². The van der Waals surface area contributed by atoms with Crippen LogP contribution in [0, 0.1) is 0 Å². The molecule has 0 unspecified atom stereocenters. The molecule has 3 N–H and O–H groups in total. The van der Waals surface area contributed by atoms with Crippen LogP contribution in [0.3, 0.4) is 0 Å². The Kier molecular flexibility index (Phi) is 6.37. The van der Waals surface area contributed by atoms with Crippen molar-refractivity contribution in [3.8, 4) is 11.3 Å². The van der Waals surface area contributed by atoms with E-state index >= 15 is 0 Å². The zero-order valence-corrected chi connectivity index (χ0v) is 17.8. The maximum absolute atomic E-state index is 9.05. The van der Waals surface area contributed by atoms with Gasteiger partial charge >= 0.3 is 0 Å². The maximum atomic E-state index is 9.05. The van der Waals surface area contributed by atoms with Crippen LogP contribution in [0.1, 0.15) is 37.3 Å². The Bertz CT molecular complexity index is 1120. The van der Waals surface area contributed by atoms with Crippen LogP contribution in [0.4, 0.5) is 11.9 Å². The van der Waals surface area contributed by atoms with Gasteiger partial charge in [-0.3, -0.25) is 4.98 Å². The summed E-state index contributed by atoms with van der Waals surface area (Å²) in [5.41, 5.74) is 5.01. The van der Waals surface area contributed by atoms with E-state index < -0.39 is 0 Å². The van der Waals surface area contributed by atoms with Crippen LogP contribution < -0.4 is 10.6 Å². The van der Waals surface area contributed by atoms with Crippen LogP contribution in [0.2, 0.25) is 0 Å². The largest absolute Gasteiger partial charge is 0.396 e. The lowest BCUT2D eigenvalue weighted by molar-refractivity contribution is 0.292. The Hall–Kier alpha value is -3.52. The van der Waals surface area contributed by atoms with Gasteiger partial charge in [0.25, 0.3) is 0 Å². The van der Waals surface area contributed by atoms with Gasteiger partial charge in [-0.2, -0.15) is 19.6 Å². The molecule has 31 heavy (non-hydrogen) atoms. The molecule has 0 radical (unpaired) electrons. The van der Waals surface area contributed by atoms with Gasteiger partial charge in [0.05, 0.1) is 11.9 Å². The average molecular weight is 418 g/mol. The van der Waals surface area contributed by atoms with Crippen LogP contribution in [0.5, 0.6) is 0 Å². The molecule has 0 aliphatic rings. The number of aliphatic hydroxyl groups is 1. The predicted molar refractivity (Wildman–Crippen MR) is 122 cm³/mol. The molecule has 0 fully saturated rings. The van der Waals surface area contributed by atoms with Gasteiger partial charge in [-0.15, -0.1) is 0 Å². The molecule has 4 rings (SSSR count). The van der Waals surface area contributed by atoms with Crippen LogP contribution in [0.25, 0.3) is 16.9 Å². The van der Waals surface area contributed by atoms with Gasteiger partial charge in [-0.25, -0.2) is 0 Å². The average Bonchev–Trinajstić information content (AvgIpc) is 3.23. The second-order valence-electron chi connectivity index (χ2n) is 7.63. The highest BCUT2D eigenvalue weighted by Crippen LogP contribution is 2.23. The van der Waals surface area contributed by atoms with Gasteiger partial charge < -0.3 is 15.7 Å². The molecule has 0 atom stereocenters. The summed E-state index contributed by atoms with van der Waals surface area (Å²) < 4.78 is 1.74. The number of hydrogen-bond acceptors (Lipinski definition) is 7. The Morgan fingerprint density at radius 2 is 1.87 bits per heavy atom. The lowest BCUT2D eigenvalue weighted by Crippen LogP contribution is -2.13. The minimum atomic E-state index is 0.124. The van der Waals surface area contributed by atoms with Crippen molar-refractivity contribution in [1.29, 1.82) is 0 Å². The van der Waals surface area contributed by atoms with Crippen molar-refractivity contribution in [2.24, 2.45) is 0 Å². The Labute approximate surface area is 181 Å². The molecular formula is C23H27N7O. The first-order chi connectivity index (χ1) is 15.2. The fourth-order valence-corrected chi connectivity index (χ4v) is 3.28. The summed E-state index contributed by atoms with van der Waals surface area (Å²) in [7, 11) is 0. The normalized spacial score (nSPS) is 11.2. The van der Waals surface area contributed by atoms with Gasteiger partial charge in [0, 0.05) is 37.0 Å². The van der Waals surface area contributed by atoms with E-state index in [9.17, 15) is 0 Å². The van der Waals surface area contributed by atoms with E-state index in [0.717, 1.165) is 28.0 Å². The van der Waals surface area contributed by atoms with Crippen molar-refractivity contribution in [1.82, 2.24) is 24.6 Å². The maximum Gasteiger partial charge on any atom is 0.229 e. The third-order valence-corrected chi connectivity index (χ3v) is 5.00. The number of fused-ring (bicyclic) bond motifs is 1. The molecular weight excluding hydrogens is 390 g/mol. The molecule has 0 amide bonds. The van der Waals surface area contributed by atoms with Crippen LogP contribution in [-0.2, 0) is 6.54 Å². The second-order valence-corrected chi connectivity index (χ2v) is 7.63. The smallest absolute Gasteiger partial charge is 0.229 e. The van der Waals surface area contributed by atoms with Crippen LogP contribution in [0.15, 0.2) is 54.9 Å². The van der Waals surface area contributed by atoms with E-state index in [1.807, 2.05) is 24.4 Å². The monoisotopic (exact) mass is 417 g/mol. The molecule has 8 heteroatoms. The fraction of sp³-hybridized carbons (Fsp3) is 0.304. The molecule has 0 bridgehead atoms. The SMILES string of the molecule is CC(C)c1cnn2c(NCc3ccc(-c4ccccn4)cc3)nc(NCCCO)nc12. The van der Waals surface area contributed by atoms with E-state index in [-0.39, 0.29) is 6.61 Å². The van der Waals surface area contributed by atoms with Crippen molar-refractivity contribution in [2.75, 3.05) is 23.8 Å². The Morgan fingerprint density at radius 1 is 1.03 bits per heavy atom. The highest BCUT2D eigenvalue weighted by atomic mass is 16.3. The zero-order chi connectivity index (χ0) is 21.6. The first-order valence-corrected chi connectivity index (χ1v) is 10.5. The summed E-state index contributed by atoms with van der Waals surface area (Å²) in [6, 6.07) is 14.2. The molecule has 3 heterocycles. The van der Waals surface area contributed by atoms with Crippen molar-refractivity contribution in [3.63, 3.8) is 0 Å².